The Balaban J connectivity index is 1.51. The van der Waals surface area contributed by atoms with E-state index >= 15 is 0 Å². The Kier molecular flexibility index (Phi) is 4.74. The van der Waals surface area contributed by atoms with Crippen LogP contribution in [0.4, 0.5) is 0 Å². The molecule has 3 aliphatic heterocycles. The summed E-state index contributed by atoms with van der Waals surface area (Å²) in [4.78, 5) is 50.0. The molecule has 4 amide bonds. The van der Waals surface area contributed by atoms with Crippen LogP contribution in [-0.4, -0.2) is 66.9 Å². The van der Waals surface area contributed by atoms with E-state index in [0.29, 0.717) is 18.7 Å². The van der Waals surface area contributed by atoms with Crippen molar-refractivity contribution in [3.8, 4) is 0 Å². The highest BCUT2D eigenvalue weighted by molar-refractivity contribution is 6.23. The van der Waals surface area contributed by atoms with E-state index in [2.05, 4.69) is 16.0 Å². The molecule has 28 heavy (non-hydrogen) atoms. The van der Waals surface area contributed by atoms with Crippen LogP contribution in [0.1, 0.15) is 39.1 Å². The van der Waals surface area contributed by atoms with E-state index in [4.69, 9.17) is 4.74 Å². The first-order valence-corrected chi connectivity index (χ1v) is 9.23. The Morgan fingerprint density at radius 1 is 1.18 bits per heavy atom. The van der Waals surface area contributed by atoms with Crippen LogP contribution >= 0.6 is 0 Å². The number of imide groups is 2. The van der Waals surface area contributed by atoms with Gasteiger partial charge in [-0.15, -0.1) is 0 Å². The largest absolute Gasteiger partial charge is 0.383 e. The van der Waals surface area contributed by atoms with Crippen molar-refractivity contribution < 1.29 is 23.9 Å². The summed E-state index contributed by atoms with van der Waals surface area (Å²) in [5.41, 5.74) is 1.32. The molecular weight excluding hydrogens is 364 g/mol. The molecule has 3 aliphatic rings. The SMILES string of the molecule is COCC1(NCc2ccc3c(c2)C(=O)N(C2CCC(=O)NC2=O)C3=O)CNC1. The second kappa shape index (κ2) is 7.08. The zero-order valence-electron chi connectivity index (χ0n) is 15.5. The van der Waals surface area contributed by atoms with E-state index in [0.717, 1.165) is 23.6 Å². The van der Waals surface area contributed by atoms with Crippen molar-refractivity contribution in [3.63, 3.8) is 0 Å². The molecule has 1 atom stereocenters. The molecule has 2 fully saturated rings. The fourth-order valence-electron chi connectivity index (χ4n) is 3.90. The molecule has 4 rings (SSSR count). The Morgan fingerprint density at radius 2 is 1.93 bits per heavy atom. The number of carbonyl (C=O) groups is 4. The van der Waals surface area contributed by atoms with Crippen molar-refractivity contribution in [2.24, 2.45) is 0 Å². The highest BCUT2D eigenvalue weighted by atomic mass is 16.5. The third-order valence-electron chi connectivity index (χ3n) is 5.52. The molecule has 0 spiro atoms. The minimum atomic E-state index is -0.947. The molecule has 1 unspecified atom stereocenters. The highest BCUT2D eigenvalue weighted by Gasteiger charge is 2.44. The maximum absolute atomic E-state index is 12.8. The molecule has 0 aliphatic carbocycles. The first-order chi connectivity index (χ1) is 13.4. The van der Waals surface area contributed by atoms with Crippen molar-refractivity contribution in [2.75, 3.05) is 26.8 Å². The summed E-state index contributed by atoms with van der Waals surface area (Å²) in [5, 5.41) is 8.87. The lowest BCUT2D eigenvalue weighted by molar-refractivity contribution is -0.136. The Labute approximate surface area is 161 Å². The average molecular weight is 386 g/mol. The van der Waals surface area contributed by atoms with Gasteiger partial charge in [0.05, 0.1) is 23.3 Å². The number of hydrogen-bond acceptors (Lipinski definition) is 7. The predicted molar refractivity (Wildman–Crippen MR) is 97.4 cm³/mol. The van der Waals surface area contributed by atoms with Crippen LogP contribution in [-0.2, 0) is 20.9 Å². The summed E-state index contributed by atoms with van der Waals surface area (Å²) in [6, 6.07) is 4.18. The first-order valence-electron chi connectivity index (χ1n) is 9.23. The monoisotopic (exact) mass is 386 g/mol. The molecule has 148 valence electrons. The van der Waals surface area contributed by atoms with E-state index < -0.39 is 23.8 Å². The van der Waals surface area contributed by atoms with Crippen LogP contribution < -0.4 is 16.0 Å². The van der Waals surface area contributed by atoms with Gasteiger partial charge in [-0.3, -0.25) is 29.4 Å². The second-order valence-electron chi connectivity index (χ2n) is 7.50. The van der Waals surface area contributed by atoms with E-state index in [9.17, 15) is 19.2 Å². The third kappa shape index (κ3) is 3.11. The van der Waals surface area contributed by atoms with E-state index in [1.807, 2.05) is 0 Å². The van der Waals surface area contributed by atoms with Crippen LogP contribution in [0.5, 0.6) is 0 Å². The number of methoxy groups -OCH3 is 1. The molecule has 0 radical (unpaired) electrons. The summed E-state index contributed by atoms with van der Waals surface area (Å²) in [5.74, 6) is -1.98. The number of fused-ring (bicyclic) bond motifs is 1. The van der Waals surface area contributed by atoms with E-state index in [-0.39, 0.29) is 29.9 Å². The molecule has 0 bridgehead atoms. The zero-order valence-corrected chi connectivity index (χ0v) is 15.5. The van der Waals surface area contributed by atoms with Gasteiger partial charge in [0.2, 0.25) is 11.8 Å². The molecular formula is C19H22N4O5. The van der Waals surface area contributed by atoms with Gasteiger partial charge in [-0.25, -0.2) is 0 Å². The number of benzene rings is 1. The topological polar surface area (TPSA) is 117 Å². The number of amides is 4. The Hall–Kier alpha value is -2.62. The van der Waals surface area contributed by atoms with Crippen molar-refractivity contribution in [3.05, 3.63) is 34.9 Å². The van der Waals surface area contributed by atoms with Crippen LogP contribution in [0, 0.1) is 0 Å². The fraction of sp³-hybridized carbons (Fsp3) is 0.474. The highest BCUT2D eigenvalue weighted by Crippen LogP contribution is 2.28. The third-order valence-corrected chi connectivity index (χ3v) is 5.52. The number of nitrogens with zero attached hydrogens (tertiary/aromatic N) is 1. The van der Waals surface area contributed by atoms with Gasteiger partial charge < -0.3 is 15.4 Å². The summed E-state index contributed by atoms with van der Waals surface area (Å²) in [7, 11) is 1.66. The van der Waals surface area contributed by atoms with Crippen molar-refractivity contribution in [2.45, 2.75) is 31.0 Å². The number of carbonyl (C=O) groups excluding carboxylic acids is 4. The quantitative estimate of drug-likeness (QED) is 0.546. The van der Waals surface area contributed by atoms with Crippen LogP contribution in [0.15, 0.2) is 18.2 Å². The molecule has 3 heterocycles. The van der Waals surface area contributed by atoms with Crippen molar-refractivity contribution in [1.29, 1.82) is 0 Å². The molecule has 9 heteroatoms. The molecule has 0 saturated carbocycles. The summed E-state index contributed by atoms with van der Waals surface area (Å²) in [6.07, 6.45) is 0.256. The van der Waals surface area contributed by atoms with Crippen LogP contribution in [0.2, 0.25) is 0 Å². The van der Waals surface area contributed by atoms with Gasteiger partial charge in [0.1, 0.15) is 6.04 Å². The van der Waals surface area contributed by atoms with Crippen LogP contribution in [0.25, 0.3) is 0 Å². The summed E-state index contributed by atoms with van der Waals surface area (Å²) < 4.78 is 5.27. The van der Waals surface area contributed by atoms with Gasteiger partial charge in [-0.1, -0.05) is 6.07 Å². The molecule has 2 saturated heterocycles. The standard InChI is InChI=1S/C19H22N4O5/c1-28-10-19(8-20-9-19)21-7-11-2-3-12-13(6-11)18(27)23(17(12)26)14-4-5-15(24)22-16(14)25/h2-3,6,14,20-21H,4-5,7-10H2,1H3,(H,22,24,25). The van der Waals surface area contributed by atoms with Crippen molar-refractivity contribution >= 4 is 23.6 Å². The maximum atomic E-state index is 12.8. The molecule has 1 aromatic carbocycles. The first kappa shape index (κ1) is 18.7. The summed E-state index contributed by atoms with van der Waals surface area (Å²) in [6.45, 7) is 2.70. The predicted octanol–water partition coefficient (Wildman–Crippen LogP) is -0.834. The lowest BCUT2D eigenvalue weighted by Crippen LogP contribution is -2.69. The Morgan fingerprint density at radius 3 is 2.57 bits per heavy atom. The minimum absolute atomic E-state index is 0.106. The van der Waals surface area contributed by atoms with Gasteiger partial charge in [-0.2, -0.15) is 0 Å². The van der Waals surface area contributed by atoms with Gasteiger partial charge in [0.15, 0.2) is 0 Å². The number of nitrogens with one attached hydrogen (secondary N) is 3. The molecule has 9 nitrogen and oxygen atoms in total. The number of rotatable bonds is 6. The smallest absolute Gasteiger partial charge is 0.262 e. The van der Waals surface area contributed by atoms with E-state index in [1.165, 1.54) is 0 Å². The molecule has 0 aromatic heterocycles. The molecule has 1 aromatic rings. The Bertz CT molecular complexity index is 864. The number of piperidine rings is 1. The lowest BCUT2D eigenvalue weighted by Gasteiger charge is -2.43. The number of hydrogen-bond donors (Lipinski definition) is 3. The number of ether oxygens (including phenoxy) is 1. The molecule has 3 N–H and O–H groups in total. The van der Waals surface area contributed by atoms with E-state index in [1.54, 1.807) is 25.3 Å². The fourth-order valence-corrected chi connectivity index (χ4v) is 3.90. The normalized spacial score (nSPS) is 23.5. The van der Waals surface area contributed by atoms with Gasteiger partial charge in [0, 0.05) is 33.2 Å². The van der Waals surface area contributed by atoms with Gasteiger partial charge in [0.25, 0.3) is 11.8 Å². The summed E-state index contributed by atoms with van der Waals surface area (Å²) >= 11 is 0. The lowest BCUT2D eigenvalue weighted by atomic mass is 9.93. The average Bonchev–Trinajstić information content (AvgIpc) is 2.88. The van der Waals surface area contributed by atoms with Crippen molar-refractivity contribution in [1.82, 2.24) is 20.9 Å². The zero-order chi connectivity index (χ0) is 19.9. The second-order valence-corrected chi connectivity index (χ2v) is 7.50. The van der Waals surface area contributed by atoms with Gasteiger partial charge in [-0.05, 0) is 24.1 Å². The van der Waals surface area contributed by atoms with Gasteiger partial charge >= 0.3 is 0 Å². The van der Waals surface area contributed by atoms with Crippen LogP contribution in [0.3, 0.4) is 0 Å². The maximum Gasteiger partial charge on any atom is 0.262 e. The minimum Gasteiger partial charge on any atom is -0.383 e.